The lowest BCUT2D eigenvalue weighted by molar-refractivity contribution is -0.143. The van der Waals surface area contributed by atoms with Crippen molar-refractivity contribution in [1.82, 2.24) is 10.2 Å². The largest absolute Gasteiger partial charge is 0.468 e. The maximum Gasteiger partial charge on any atom is 0.322 e. The quantitative estimate of drug-likeness (QED) is 0.762. The summed E-state index contributed by atoms with van der Waals surface area (Å²) in [6.45, 7) is 3.55. The third-order valence-electron chi connectivity index (χ3n) is 3.04. The highest BCUT2D eigenvalue weighted by Gasteiger charge is 2.16. The first kappa shape index (κ1) is 15.7. The predicted molar refractivity (Wildman–Crippen MR) is 76.8 cm³/mol. The van der Waals surface area contributed by atoms with Crippen LogP contribution >= 0.6 is 0 Å². The van der Waals surface area contributed by atoms with Crippen molar-refractivity contribution in [3.63, 3.8) is 0 Å². The van der Waals surface area contributed by atoms with Crippen LogP contribution in [0.4, 0.5) is 0 Å². The van der Waals surface area contributed by atoms with Gasteiger partial charge in [0.2, 0.25) is 0 Å². The van der Waals surface area contributed by atoms with E-state index in [0.717, 1.165) is 13.0 Å². The van der Waals surface area contributed by atoms with E-state index in [1.54, 1.807) is 0 Å². The van der Waals surface area contributed by atoms with Gasteiger partial charge in [0.1, 0.15) is 6.04 Å². The molecule has 4 heteroatoms. The molecule has 0 aliphatic heterocycles. The highest BCUT2D eigenvalue weighted by molar-refractivity contribution is 5.75. The SMILES string of the molecule is CCC(NCc1ccccc1CN(C)C)C(=O)OC. The summed E-state index contributed by atoms with van der Waals surface area (Å²) in [5.41, 5.74) is 2.50. The Bertz CT molecular complexity index is 405. The molecule has 0 fully saturated rings. The van der Waals surface area contributed by atoms with Crippen molar-refractivity contribution < 1.29 is 9.53 Å². The first-order chi connectivity index (χ1) is 9.08. The van der Waals surface area contributed by atoms with E-state index in [2.05, 4.69) is 22.3 Å². The van der Waals surface area contributed by atoms with Crippen molar-refractivity contribution in [3.05, 3.63) is 35.4 Å². The molecule has 1 aromatic rings. The molecule has 1 atom stereocenters. The molecule has 1 aromatic carbocycles. The average Bonchev–Trinajstić information content (AvgIpc) is 2.40. The number of nitrogens with one attached hydrogen (secondary N) is 1. The highest BCUT2D eigenvalue weighted by atomic mass is 16.5. The number of carbonyl (C=O) groups excluding carboxylic acids is 1. The molecule has 0 heterocycles. The third-order valence-corrected chi connectivity index (χ3v) is 3.04. The third kappa shape index (κ3) is 5.01. The Morgan fingerprint density at radius 1 is 1.32 bits per heavy atom. The fourth-order valence-corrected chi connectivity index (χ4v) is 1.99. The van der Waals surface area contributed by atoms with E-state index in [-0.39, 0.29) is 12.0 Å². The maximum atomic E-state index is 11.5. The van der Waals surface area contributed by atoms with Crippen molar-refractivity contribution >= 4 is 5.97 Å². The maximum absolute atomic E-state index is 11.5. The van der Waals surface area contributed by atoms with Gasteiger partial charge in [-0.3, -0.25) is 4.79 Å². The van der Waals surface area contributed by atoms with Crippen LogP contribution in [0.25, 0.3) is 0 Å². The van der Waals surface area contributed by atoms with Crippen molar-refractivity contribution in [1.29, 1.82) is 0 Å². The summed E-state index contributed by atoms with van der Waals surface area (Å²) in [5.74, 6) is -0.201. The Morgan fingerprint density at radius 2 is 1.95 bits per heavy atom. The van der Waals surface area contributed by atoms with E-state index in [9.17, 15) is 4.79 Å². The molecular formula is C15H24N2O2. The van der Waals surface area contributed by atoms with Crippen molar-refractivity contribution in [3.8, 4) is 0 Å². The van der Waals surface area contributed by atoms with Gasteiger partial charge in [0.25, 0.3) is 0 Å². The fraction of sp³-hybridized carbons (Fsp3) is 0.533. The molecule has 0 aliphatic carbocycles. The van der Waals surface area contributed by atoms with E-state index < -0.39 is 0 Å². The van der Waals surface area contributed by atoms with Crippen LogP contribution in [0.15, 0.2) is 24.3 Å². The van der Waals surface area contributed by atoms with Gasteiger partial charge in [-0.2, -0.15) is 0 Å². The summed E-state index contributed by atoms with van der Waals surface area (Å²) in [6.07, 6.45) is 0.725. The van der Waals surface area contributed by atoms with Crippen LogP contribution in [0.3, 0.4) is 0 Å². The molecule has 0 spiro atoms. The summed E-state index contributed by atoms with van der Waals surface area (Å²) in [6, 6.07) is 8.04. The van der Waals surface area contributed by atoms with E-state index in [4.69, 9.17) is 4.74 Å². The van der Waals surface area contributed by atoms with Gasteiger partial charge >= 0.3 is 5.97 Å². The van der Waals surface area contributed by atoms with E-state index in [1.165, 1.54) is 18.2 Å². The van der Waals surface area contributed by atoms with Crippen LogP contribution in [0.2, 0.25) is 0 Å². The number of rotatable bonds is 7. The lowest BCUT2D eigenvalue weighted by Gasteiger charge is -2.18. The normalized spacial score (nSPS) is 12.5. The summed E-state index contributed by atoms with van der Waals surface area (Å²) in [7, 11) is 5.52. The molecule has 0 amide bonds. The van der Waals surface area contributed by atoms with Crippen LogP contribution < -0.4 is 5.32 Å². The number of benzene rings is 1. The molecule has 0 aliphatic rings. The number of ether oxygens (including phenoxy) is 1. The zero-order valence-electron chi connectivity index (χ0n) is 12.3. The summed E-state index contributed by atoms with van der Waals surface area (Å²) in [5, 5.41) is 3.26. The van der Waals surface area contributed by atoms with Gasteiger partial charge in [-0.05, 0) is 31.6 Å². The van der Waals surface area contributed by atoms with Crippen molar-refractivity contribution in [2.24, 2.45) is 0 Å². The average molecular weight is 264 g/mol. The zero-order valence-corrected chi connectivity index (χ0v) is 12.3. The molecule has 1 N–H and O–H groups in total. The number of nitrogens with zero attached hydrogens (tertiary/aromatic N) is 1. The van der Waals surface area contributed by atoms with Crippen molar-refractivity contribution in [2.45, 2.75) is 32.5 Å². The fourth-order valence-electron chi connectivity index (χ4n) is 1.99. The number of esters is 1. The van der Waals surface area contributed by atoms with E-state index >= 15 is 0 Å². The number of hydrogen-bond acceptors (Lipinski definition) is 4. The smallest absolute Gasteiger partial charge is 0.322 e. The molecule has 1 unspecified atom stereocenters. The minimum absolute atomic E-state index is 0.201. The Hall–Kier alpha value is -1.39. The molecule has 0 bridgehead atoms. The second-order valence-electron chi connectivity index (χ2n) is 4.87. The number of hydrogen-bond donors (Lipinski definition) is 1. The van der Waals surface area contributed by atoms with E-state index in [1.807, 2.05) is 33.2 Å². The first-order valence-corrected chi connectivity index (χ1v) is 6.61. The minimum Gasteiger partial charge on any atom is -0.468 e. The molecule has 106 valence electrons. The summed E-state index contributed by atoms with van der Waals surface area (Å²) >= 11 is 0. The number of methoxy groups -OCH3 is 1. The number of carbonyl (C=O) groups is 1. The van der Waals surface area contributed by atoms with Gasteiger partial charge in [0.05, 0.1) is 7.11 Å². The van der Waals surface area contributed by atoms with Crippen LogP contribution in [0.5, 0.6) is 0 Å². The van der Waals surface area contributed by atoms with Gasteiger partial charge in [-0.25, -0.2) is 0 Å². The van der Waals surface area contributed by atoms with Gasteiger partial charge < -0.3 is 15.0 Å². The lowest BCUT2D eigenvalue weighted by Crippen LogP contribution is -2.36. The van der Waals surface area contributed by atoms with Crippen molar-refractivity contribution in [2.75, 3.05) is 21.2 Å². The molecule has 19 heavy (non-hydrogen) atoms. The Kier molecular flexibility index (Phi) is 6.53. The molecule has 0 radical (unpaired) electrons. The molecule has 0 saturated carbocycles. The van der Waals surface area contributed by atoms with Gasteiger partial charge in [-0.1, -0.05) is 31.2 Å². The second-order valence-corrected chi connectivity index (χ2v) is 4.87. The molecular weight excluding hydrogens is 240 g/mol. The molecule has 4 nitrogen and oxygen atoms in total. The van der Waals surface area contributed by atoms with Crippen LogP contribution in [0, 0.1) is 0 Å². The highest BCUT2D eigenvalue weighted by Crippen LogP contribution is 2.11. The van der Waals surface area contributed by atoms with Crippen LogP contribution in [0.1, 0.15) is 24.5 Å². The van der Waals surface area contributed by atoms with Gasteiger partial charge in [0, 0.05) is 13.1 Å². The van der Waals surface area contributed by atoms with Gasteiger partial charge in [-0.15, -0.1) is 0 Å². The second kappa shape index (κ2) is 7.92. The molecule has 0 aromatic heterocycles. The summed E-state index contributed by atoms with van der Waals surface area (Å²) < 4.78 is 4.78. The topological polar surface area (TPSA) is 41.6 Å². The van der Waals surface area contributed by atoms with E-state index in [0.29, 0.717) is 6.54 Å². The Morgan fingerprint density at radius 3 is 2.47 bits per heavy atom. The zero-order chi connectivity index (χ0) is 14.3. The predicted octanol–water partition coefficient (Wildman–Crippen LogP) is 1.79. The van der Waals surface area contributed by atoms with Crippen LogP contribution in [-0.4, -0.2) is 38.1 Å². The molecule has 1 rings (SSSR count). The lowest BCUT2D eigenvalue weighted by atomic mass is 10.1. The minimum atomic E-state index is -0.239. The molecule has 0 saturated heterocycles. The van der Waals surface area contributed by atoms with Crippen LogP contribution in [-0.2, 0) is 22.6 Å². The Labute approximate surface area is 115 Å². The summed E-state index contributed by atoms with van der Waals surface area (Å²) in [4.78, 5) is 13.7. The first-order valence-electron chi connectivity index (χ1n) is 6.61. The Balaban J connectivity index is 2.68. The standard InChI is InChI=1S/C15H24N2O2/c1-5-14(15(18)19-4)16-10-12-8-6-7-9-13(12)11-17(2)3/h6-9,14,16H,5,10-11H2,1-4H3. The van der Waals surface area contributed by atoms with Gasteiger partial charge in [0.15, 0.2) is 0 Å². The monoisotopic (exact) mass is 264 g/mol.